The van der Waals surface area contributed by atoms with Gasteiger partial charge < -0.3 is 0 Å². The third kappa shape index (κ3) is 1.09. The molecule has 0 aromatic rings. The Labute approximate surface area is 54.1 Å². The molecule has 0 saturated heterocycles. The van der Waals surface area contributed by atoms with Crippen LogP contribution in [0.15, 0.2) is 5.10 Å². The third-order valence-electron chi connectivity index (χ3n) is 1.37. The summed E-state index contributed by atoms with van der Waals surface area (Å²) in [6.07, 6.45) is 3.31. The van der Waals surface area contributed by atoms with E-state index in [4.69, 9.17) is 0 Å². The van der Waals surface area contributed by atoms with Crippen molar-refractivity contribution in [3.05, 3.63) is 0 Å². The van der Waals surface area contributed by atoms with Gasteiger partial charge in [-0.25, -0.2) is 5.43 Å². The molecule has 1 heterocycles. The Morgan fingerprint density at radius 1 is 1.78 bits per heavy atom. The van der Waals surface area contributed by atoms with Crippen LogP contribution in [0.1, 0.15) is 20.3 Å². The maximum absolute atomic E-state index is 10.9. The SMILES string of the molecule is CC1(C)C[C]=NNC1=O. The Balaban J connectivity index is 2.76. The molecule has 0 aromatic carbocycles. The molecule has 1 amide bonds. The molecule has 0 bridgehead atoms. The van der Waals surface area contributed by atoms with Crippen molar-refractivity contribution in [1.29, 1.82) is 0 Å². The summed E-state index contributed by atoms with van der Waals surface area (Å²) in [5.74, 6) is -0.0266. The molecule has 1 rings (SSSR count). The van der Waals surface area contributed by atoms with E-state index in [-0.39, 0.29) is 11.3 Å². The van der Waals surface area contributed by atoms with Crippen LogP contribution in [0.2, 0.25) is 0 Å². The van der Waals surface area contributed by atoms with Gasteiger partial charge in [0.05, 0.1) is 11.6 Å². The zero-order valence-corrected chi connectivity index (χ0v) is 5.56. The summed E-state index contributed by atoms with van der Waals surface area (Å²) >= 11 is 0. The summed E-state index contributed by atoms with van der Waals surface area (Å²) in [5, 5.41) is 3.50. The van der Waals surface area contributed by atoms with Crippen molar-refractivity contribution in [2.24, 2.45) is 10.5 Å². The van der Waals surface area contributed by atoms with Crippen molar-refractivity contribution in [1.82, 2.24) is 5.43 Å². The van der Waals surface area contributed by atoms with Gasteiger partial charge in [-0.05, 0) is 0 Å². The van der Waals surface area contributed by atoms with Gasteiger partial charge >= 0.3 is 0 Å². The maximum atomic E-state index is 10.9. The number of hydrazone groups is 1. The summed E-state index contributed by atoms with van der Waals surface area (Å²) in [7, 11) is 0. The summed E-state index contributed by atoms with van der Waals surface area (Å²) in [6, 6.07) is 0. The van der Waals surface area contributed by atoms with Crippen molar-refractivity contribution >= 4 is 12.1 Å². The van der Waals surface area contributed by atoms with Gasteiger partial charge in [-0.1, -0.05) is 13.8 Å². The van der Waals surface area contributed by atoms with Gasteiger partial charge in [0.25, 0.3) is 0 Å². The van der Waals surface area contributed by atoms with E-state index in [1.54, 1.807) is 0 Å². The topological polar surface area (TPSA) is 41.5 Å². The number of nitrogens with one attached hydrogen (secondary N) is 1. The number of carbonyl (C=O) groups is 1. The predicted octanol–water partition coefficient (Wildman–Crippen LogP) is 0.395. The molecule has 9 heavy (non-hydrogen) atoms. The Kier molecular flexibility index (Phi) is 1.27. The molecule has 0 saturated carbocycles. The molecular formula is C6H9N2O. The first-order chi connectivity index (χ1) is 4.13. The van der Waals surface area contributed by atoms with Gasteiger partial charge in [-0.15, -0.1) is 0 Å². The van der Waals surface area contributed by atoms with E-state index in [9.17, 15) is 4.79 Å². The molecule has 0 spiro atoms. The minimum absolute atomic E-state index is 0.0266. The van der Waals surface area contributed by atoms with Gasteiger partial charge in [0.15, 0.2) is 0 Å². The minimum Gasteiger partial charge on any atom is -0.273 e. The minimum atomic E-state index is -0.318. The van der Waals surface area contributed by atoms with Crippen molar-refractivity contribution in [2.45, 2.75) is 20.3 Å². The Bertz CT molecular complexity index is 160. The Morgan fingerprint density at radius 2 is 2.44 bits per heavy atom. The Hall–Kier alpha value is -0.860. The lowest BCUT2D eigenvalue weighted by Crippen LogP contribution is -2.37. The molecule has 0 fully saturated rings. The van der Waals surface area contributed by atoms with Crippen LogP contribution in [-0.2, 0) is 4.79 Å². The molecular weight excluding hydrogens is 116 g/mol. The monoisotopic (exact) mass is 125 g/mol. The summed E-state index contributed by atoms with van der Waals surface area (Å²) in [4.78, 5) is 10.9. The summed E-state index contributed by atoms with van der Waals surface area (Å²) in [5.41, 5.74) is 2.03. The van der Waals surface area contributed by atoms with Crippen LogP contribution in [0.25, 0.3) is 0 Å². The zero-order valence-electron chi connectivity index (χ0n) is 5.56. The summed E-state index contributed by atoms with van der Waals surface area (Å²) in [6.45, 7) is 3.73. The quantitative estimate of drug-likeness (QED) is 0.500. The van der Waals surface area contributed by atoms with Crippen molar-refractivity contribution < 1.29 is 4.79 Å². The fraction of sp³-hybridized carbons (Fsp3) is 0.667. The van der Waals surface area contributed by atoms with E-state index in [0.29, 0.717) is 6.42 Å². The van der Waals surface area contributed by atoms with E-state index in [1.165, 1.54) is 0 Å². The zero-order chi connectivity index (χ0) is 6.91. The van der Waals surface area contributed by atoms with E-state index < -0.39 is 0 Å². The standard InChI is InChI=1S/C6H9N2O/c1-6(2)3-4-7-8-5(6)9/h3H2,1-2H3,(H,8,9). The van der Waals surface area contributed by atoms with Crippen molar-refractivity contribution in [2.75, 3.05) is 0 Å². The molecule has 1 aliphatic rings. The lowest BCUT2D eigenvalue weighted by Gasteiger charge is -2.22. The van der Waals surface area contributed by atoms with Crippen LogP contribution in [0, 0.1) is 5.41 Å². The smallest absolute Gasteiger partial charge is 0.246 e. The highest BCUT2D eigenvalue weighted by Gasteiger charge is 2.28. The fourth-order valence-electron chi connectivity index (χ4n) is 0.559. The first-order valence-electron chi connectivity index (χ1n) is 2.86. The molecule has 1 radical (unpaired) electrons. The van der Waals surface area contributed by atoms with Crippen LogP contribution < -0.4 is 5.43 Å². The highest BCUT2D eigenvalue weighted by molar-refractivity contribution is 5.87. The number of rotatable bonds is 0. The molecule has 0 aliphatic carbocycles. The lowest BCUT2D eigenvalue weighted by atomic mass is 9.88. The fourth-order valence-corrected chi connectivity index (χ4v) is 0.559. The summed E-state index contributed by atoms with van der Waals surface area (Å²) < 4.78 is 0. The second-order valence-corrected chi connectivity index (χ2v) is 2.77. The number of hydrogen-bond donors (Lipinski definition) is 1. The second-order valence-electron chi connectivity index (χ2n) is 2.77. The molecule has 0 unspecified atom stereocenters. The van der Waals surface area contributed by atoms with Crippen LogP contribution in [0.5, 0.6) is 0 Å². The van der Waals surface area contributed by atoms with Gasteiger partial charge in [0, 0.05) is 6.42 Å². The van der Waals surface area contributed by atoms with Gasteiger partial charge in [0.1, 0.15) is 0 Å². The van der Waals surface area contributed by atoms with Gasteiger partial charge in [-0.3, -0.25) is 4.79 Å². The molecule has 1 aliphatic heterocycles. The normalized spacial score (nSPS) is 23.6. The maximum Gasteiger partial charge on any atom is 0.246 e. The van der Waals surface area contributed by atoms with Crippen LogP contribution >= 0.6 is 0 Å². The number of nitrogens with zero attached hydrogens (tertiary/aromatic N) is 1. The average Bonchev–Trinajstić information content (AvgIpc) is 1.77. The number of hydrogen-bond acceptors (Lipinski definition) is 2. The molecule has 49 valence electrons. The second kappa shape index (κ2) is 1.83. The molecule has 3 nitrogen and oxygen atoms in total. The highest BCUT2D eigenvalue weighted by atomic mass is 16.2. The number of amides is 1. The predicted molar refractivity (Wildman–Crippen MR) is 34.0 cm³/mol. The molecule has 1 N–H and O–H groups in total. The van der Waals surface area contributed by atoms with Gasteiger partial charge in [0.2, 0.25) is 5.91 Å². The first kappa shape index (κ1) is 6.26. The van der Waals surface area contributed by atoms with E-state index >= 15 is 0 Å². The molecule has 0 atom stereocenters. The van der Waals surface area contributed by atoms with Gasteiger partial charge in [-0.2, -0.15) is 5.10 Å². The van der Waals surface area contributed by atoms with Crippen molar-refractivity contribution in [3.8, 4) is 0 Å². The highest BCUT2D eigenvalue weighted by Crippen LogP contribution is 2.20. The van der Waals surface area contributed by atoms with Crippen LogP contribution in [0.3, 0.4) is 0 Å². The third-order valence-corrected chi connectivity index (χ3v) is 1.37. The van der Waals surface area contributed by atoms with E-state index in [2.05, 4.69) is 16.7 Å². The largest absolute Gasteiger partial charge is 0.273 e. The average molecular weight is 125 g/mol. The van der Waals surface area contributed by atoms with E-state index in [0.717, 1.165) is 0 Å². The molecule has 3 heteroatoms. The van der Waals surface area contributed by atoms with E-state index in [1.807, 2.05) is 13.8 Å². The first-order valence-corrected chi connectivity index (χ1v) is 2.86. The number of carbonyl (C=O) groups excluding carboxylic acids is 1. The van der Waals surface area contributed by atoms with Crippen LogP contribution in [-0.4, -0.2) is 12.1 Å². The Morgan fingerprint density at radius 3 is 2.78 bits per heavy atom. The van der Waals surface area contributed by atoms with Crippen molar-refractivity contribution in [3.63, 3.8) is 0 Å². The van der Waals surface area contributed by atoms with Crippen LogP contribution in [0.4, 0.5) is 0 Å². The molecule has 0 aromatic heterocycles. The lowest BCUT2D eigenvalue weighted by molar-refractivity contribution is -0.129.